The van der Waals surface area contributed by atoms with E-state index in [1.807, 2.05) is 36.4 Å². The molecule has 0 saturated carbocycles. The summed E-state index contributed by atoms with van der Waals surface area (Å²) in [4.78, 5) is 16.4. The standard InChI is InChI=1S/C18H17NO3/c20-17-9-14(13-5-2-1-3-6-13)10-18(21)16(17)12-19-11-15-7-4-8-22-15/h1-8,12,14,20H,9-11H2. The first kappa shape index (κ1) is 14.3. The molecule has 3 rings (SSSR count). The third-order valence-corrected chi connectivity index (χ3v) is 3.80. The monoisotopic (exact) mass is 295 g/mol. The zero-order valence-corrected chi connectivity index (χ0v) is 12.1. The summed E-state index contributed by atoms with van der Waals surface area (Å²) in [5.74, 6) is 0.812. The van der Waals surface area contributed by atoms with E-state index in [0.29, 0.717) is 25.0 Å². The number of hydrogen-bond acceptors (Lipinski definition) is 4. The van der Waals surface area contributed by atoms with Gasteiger partial charge in [0.15, 0.2) is 5.78 Å². The van der Waals surface area contributed by atoms with Crippen molar-refractivity contribution in [2.24, 2.45) is 4.99 Å². The van der Waals surface area contributed by atoms with Crippen LogP contribution >= 0.6 is 0 Å². The van der Waals surface area contributed by atoms with Crippen LogP contribution in [-0.4, -0.2) is 17.1 Å². The molecule has 0 spiro atoms. The summed E-state index contributed by atoms with van der Waals surface area (Å²) in [6.45, 7) is 0.360. The molecule has 4 heteroatoms. The summed E-state index contributed by atoms with van der Waals surface area (Å²) in [6, 6.07) is 13.4. The van der Waals surface area contributed by atoms with Crippen LogP contribution in [0.4, 0.5) is 0 Å². The third-order valence-electron chi connectivity index (χ3n) is 3.80. The van der Waals surface area contributed by atoms with Gasteiger partial charge < -0.3 is 9.52 Å². The number of ketones is 1. The Kier molecular flexibility index (Phi) is 4.19. The Morgan fingerprint density at radius 3 is 2.68 bits per heavy atom. The van der Waals surface area contributed by atoms with Crippen molar-refractivity contribution in [3.05, 3.63) is 71.4 Å². The van der Waals surface area contributed by atoms with Crippen molar-refractivity contribution >= 4 is 12.0 Å². The lowest BCUT2D eigenvalue weighted by molar-refractivity contribution is -0.116. The maximum Gasteiger partial charge on any atom is 0.168 e. The molecule has 1 N–H and O–H groups in total. The van der Waals surface area contributed by atoms with Gasteiger partial charge in [0.2, 0.25) is 0 Å². The van der Waals surface area contributed by atoms with Crippen molar-refractivity contribution in [3.63, 3.8) is 0 Å². The third kappa shape index (κ3) is 3.17. The minimum Gasteiger partial charge on any atom is -0.511 e. The molecule has 1 aromatic heterocycles. The lowest BCUT2D eigenvalue weighted by atomic mass is 9.83. The molecule has 112 valence electrons. The van der Waals surface area contributed by atoms with E-state index in [2.05, 4.69) is 4.99 Å². The van der Waals surface area contributed by atoms with E-state index in [4.69, 9.17) is 4.42 Å². The minimum atomic E-state index is -0.0687. The van der Waals surface area contributed by atoms with Crippen LogP contribution in [-0.2, 0) is 11.3 Å². The Labute approximate surface area is 128 Å². The number of furan rings is 1. The number of rotatable bonds is 4. The predicted molar refractivity (Wildman–Crippen MR) is 84.0 cm³/mol. The number of allylic oxidation sites excluding steroid dienone is 2. The zero-order valence-electron chi connectivity index (χ0n) is 12.1. The Morgan fingerprint density at radius 1 is 1.18 bits per heavy atom. The molecule has 0 aliphatic heterocycles. The van der Waals surface area contributed by atoms with Crippen molar-refractivity contribution in [1.82, 2.24) is 0 Å². The van der Waals surface area contributed by atoms with E-state index in [9.17, 15) is 9.90 Å². The second-order valence-corrected chi connectivity index (χ2v) is 5.35. The lowest BCUT2D eigenvalue weighted by Gasteiger charge is -2.22. The van der Waals surface area contributed by atoms with Gasteiger partial charge in [0.25, 0.3) is 0 Å². The number of benzene rings is 1. The highest BCUT2D eigenvalue weighted by Gasteiger charge is 2.27. The first-order chi connectivity index (χ1) is 10.7. The number of aliphatic imine (C=N–C) groups is 1. The number of carbonyl (C=O) groups is 1. The maximum absolute atomic E-state index is 12.2. The number of Topliss-reactive ketones (excluding diaryl/α,β-unsaturated/α-hetero) is 1. The summed E-state index contributed by atoms with van der Waals surface area (Å²) in [5, 5.41) is 10.2. The van der Waals surface area contributed by atoms with Gasteiger partial charge in [-0.05, 0) is 23.6 Å². The van der Waals surface area contributed by atoms with Crippen LogP contribution in [0.2, 0.25) is 0 Å². The first-order valence-corrected chi connectivity index (χ1v) is 7.26. The van der Waals surface area contributed by atoms with Gasteiger partial charge in [-0.1, -0.05) is 30.3 Å². The minimum absolute atomic E-state index is 0.0379. The van der Waals surface area contributed by atoms with Crippen LogP contribution in [0, 0.1) is 0 Å². The molecule has 4 nitrogen and oxygen atoms in total. The van der Waals surface area contributed by atoms with Gasteiger partial charge in [-0.15, -0.1) is 0 Å². The fourth-order valence-corrected chi connectivity index (χ4v) is 2.65. The average Bonchev–Trinajstić information content (AvgIpc) is 3.04. The van der Waals surface area contributed by atoms with Gasteiger partial charge in [-0.25, -0.2) is 0 Å². The summed E-state index contributed by atoms with van der Waals surface area (Å²) in [5.41, 5.74) is 1.40. The van der Waals surface area contributed by atoms with E-state index in [1.54, 1.807) is 12.3 Å². The molecule has 22 heavy (non-hydrogen) atoms. The van der Waals surface area contributed by atoms with E-state index in [-0.39, 0.29) is 17.5 Å². The van der Waals surface area contributed by atoms with Gasteiger partial charge in [-0.3, -0.25) is 9.79 Å². The van der Waals surface area contributed by atoms with Gasteiger partial charge in [0.05, 0.1) is 18.4 Å². The number of carbonyl (C=O) groups excluding carboxylic acids is 1. The predicted octanol–water partition coefficient (Wildman–Crippen LogP) is 3.81. The molecule has 0 amide bonds. The van der Waals surface area contributed by atoms with Crippen molar-refractivity contribution < 1.29 is 14.3 Å². The molecular formula is C18H17NO3. The molecule has 1 aliphatic carbocycles. The number of aliphatic hydroxyl groups is 1. The molecule has 0 fully saturated rings. The van der Waals surface area contributed by atoms with E-state index >= 15 is 0 Å². The van der Waals surface area contributed by atoms with Crippen LogP contribution in [0.5, 0.6) is 0 Å². The van der Waals surface area contributed by atoms with Crippen molar-refractivity contribution in [2.75, 3.05) is 0 Å². The van der Waals surface area contributed by atoms with Crippen LogP contribution in [0.1, 0.15) is 30.1 Å². The summed E-state index contributed by atoms with van der Waals surface area (Å²) in [6.07, 6.45) is 3.91. The number of nitrogens with zero attached hydrogens (tertiary/aromatic N) is 1. The molecule has 0 bridgehead atoms. The first-order valence-electron chi connectivity index (χ1n) is 7.26. The number of aliphatic hydroxyl groups excluding tert-OH is 1. The van der Waals surface area contributed by atoms with Gasteiger partial charge in [-0.2, -0.15) is 0 Å². The average molecular weight is 295 g/mol. The van der Waals surface area contributed by atoms with Crippen molar-refractivity contribution in [1.29, 1.82) is 0 Å². The summed E-state index contributed by atoms with van der Waals surface area (Å²) < 4.78 is 5.17. The van der Waals surface area contributed by atoms with Crippen LogP contribution in [0.3, 0.4) is 0 Å². The second kappa shape index (κ2) is 6.43. The maximum atomic E-state index is 12.2. The van der Waals surface area contributed by atoms with Crippen LogP contribution in [0.15, 0.2) is 69.5 Å². The molecule has 1 unspecified atom stereocenters. The Balaban J connectivity index is 1.72. The fourth-order valence-electron chi connectivity index (χ4n) is 2.65. The molecule has 0 radical (unpaired) electrons. The molecule has 1 aliphatic rings. The molecule has 2 aromatic rings. The Hall–Kier alpha value is -2.62. The molecule has 0 saturated heterocycles. The highest BCUT2D eigenvalue weighted by atomic mass is 16.3. The highest BCUT2D eigenvalue weighted by Crippen LogP contribution is 2.32. The van der Waals surface area contributed by atoms with Gasteiger partial charge >= 0.3 is 0 Å². The zero-order chi connectivity index (χ0) is 15.4. The second-order valence-electron chi connectivity index (χ2n) is 5.35. The lowest BCUT2D eigenvalue weighted by Crippen LogP contribution is -2.19. The molecular weight excluding hydrogens is 278 g/mol. The number of hydrogen-bond donors (Lipinski definition) is 1. The van der Waals surface area contributed by atoms with E-state index in [0.717, 1.165) is 11.3 Å². The molecule has 1 aromatic carbocycles. The van der Waals surface area contributed by atoms with Crippen LogP contribution in [0.25, 0.3) is 0 Å². The van der Waals surface area contributed by atoms with E-state index < -0.39 is 0 Å². The van der Waals surface area contributed by atoms with Crippen molar-refractivity contribution in [3.8, 4) is 0 Å². The largest absolute Gasteiger partial charge is 0.511 e. The summed E-state index contributed by atoms with van der Waals surface area (Å²) >= 11 is 0. The quantitative estimate of drug-likeness (QED) is 0.872. The Bertz CT molecular complexity index is 699. The van der Waals surface area contributed by atoms with Gasteiger partial charge in [0.1, 0.15) is 11.5 Å². The van der Waals surface area contributed by atoms with Gasteiger partial charge in [0, 0.05) is 19.1 Å². The SMILES string of the molecule is O=C1CC(c2ccccc2)CC(O)=C1C=NCc1ccco1. The fraction of sp³-hybridized carbons (Fsp3) is 0.222. The topological polar surface area (TPSA) is 62.8 Å². The van der Waals surface area contributed by atoms with E-state index in [1.165, 1.54) is 6.21 Å². The summed E-state index contributed by atoms with van der Waals surface area (Å²) in [7, 11) is 0. The van der Waals surface area contributed by atoms with Crippen molar-refractivity contribution in [2.45, 2.75) is 25.3 Å². The molecule has 1 atom stereocenters. The smallest absolute Gasteiger partial charge is 0.168 e. The Morgan fingerprint density at radius 2 is 2.00 bits per heavy atom. The normalized spacial score (nSPS) is 19.1. The highest BCUT2D eigenvalue weighted by molar-refractivity contribution is 6.14. The molecule has 1 heterocycles. The van der Waals surface area contributed by atoms with Crippen LogP contribution < -0.4 is 0 Å².